The Morgan fingerprint density at radius 2 is 1.59 bits per heavy atom. The summed E-state index contributed by atoms with van der Waals surface area (Å²) in [7, 11) is 0. The van der Waals surface area contributed by atoms with Gasteiger partial charge in [-0.1, -0.05) is 60.9 Å². The lowest BCUT2D eigenvalue weighted by Crippen LogP contribution is -2.59. The predicted molar refractivity (Wildman–Crippen MR) is 139 cm³/mol. The van der Waals surface area contributed by atoms with Gasteiger partial charge in [0.1, 0.15) is 0 Å². The molecule has 2 N–H and O–H groups in total. The number of rotatable bonds is 8. The Hall–Kier alpha value is -2.66. The van der Waals surface area contributed by atoms with E-state index in [-0.39, 0.29) is 17.9 Å². The highest BCUT2D eigenvalue weighted by Gasteiger charge is 2.33. The summed E-state index contributed by atoms with van der Waals surface area (Å²) >= 11 is 0. The third-order valence-electron chi connectivity index (χ3n) is 7.10. The fourth-order valence-corrected chi connectivity index (χ4v) is 5.11. The highest BCUT2D eigenvalue weighted by molar-refractivity contribution is 5.83. The molecular formula is C29H41N3O2. The van der Waals surface area contributed by atoms with Crippen molar-refractivity contribution in [3.63, 3.8) is 0 Å². The maximum Gasteiger partial charge on any atom is 0.239 e. The largest absolute Gasteiger partial charge is 0.338 e. The van der Waals surface area contributed by atoms with Crippen molar-refractivity contribution < 1.29 is 9.59 Å². The smallest absolute Gasteiger partial charge is 0.239 e. The zero-order chi connectivity index (χ0) is 24.8. The molecule has 1 heterocycles. The lowest BCUT2D eigenvalue weighted by molar-refractivity contribution is -0.143. The molecule has 5 nitrogen and oxygen atoms in total. The summed E-state index contributed by atoms with van der Waals surface area (Å²) in [6.45, 7) is 12.2. The van der Waals surface area contributed by atoms with Crippen LogP contribution in [-0.4, -0.2) is 53.3 Å². The van der Waals surface area contributed by atoms with Gasteiger partial charge in [-0.3, -0.25) is 9.59 Å². The minimum absolute atomic E-state index is 0.0107. The first-order valence-electron chi connectivity index (χ1n) is 12.7. The molecule has 2 atom stereocenters. The number of piperazine rings is 1. The van der Waals surface area contributed by atoms with E-state index in [1.54, 1.807) is 0 Å². The zero-order valence-electron chi connectivity index (χ0n) is 21.6. The van der Waals surface area contributed by atoms with E-state index in [1.165, 1.54) is 27.8 Å². The Bertz CT molecular complexity index is 1020. The molecule has 184 valence electrons. The monoisotopic (exact) mass is 463 g/mol. The van der Waals surface area contributed by atoms with Gasteiger partial charge in [-0.05, 0) is 69.2 Å². The Kier molecular flexibility index (Phi) is 8.90. The number of benzene rings is 2. The summed E-state index contributed by atoms with van der Waals surface area (Å²) in [5.74, 6) is 0.175. The van der Waals surface area contributed by atoms with E-state index >= 15 is 0 Å². The molecule has 1 fully saturated rings. The van der Waals surface area contributed by atoms with Crippen LogP contribution in [-0.2, 0) is 22.4 Å². The van der Waals surface area contributed by atoms with Gasteiger partial charge < -0.3 is 15.5 Å². The van der Waals surface area contributed by atoms with Gasteiger partial charge >= 0.3 is 0 Å². The Balaban J connectivity index is 1.60. The number of carbonyl (C=O) groups is 2. The molecule has 2 aromatic carbocycles. The molecule has 0 bridgehead atoms. The van der Waals surface area contributed by atoms with Gasteiger partial charge in [-0.2, -0.15) is 0 Å². The van der Waals surface area contributed by atoms with Crippen LogP contribution in [0.5, 0.6) is 0 Å². The lowest BCUT2D eigenvalue weighted by Gasteiger charge is -2.42. The van der Waals surface area contributed by atoms with Crippen LogP contribution in [0.4, 0.5) is 0 Å². The van der Waals surface area contributed by atoms with Crippen LogP contribution in [0.15, 0.2) is 36.4 Å². The van der Waals surface area contributed by atoms with E-state index in [4.69, 9.17) is 5.73 Å². The predicted octanol–water partition coefficient (Wildman–Crippen LogP) is 4.26. The highest BCUT2D eigenvalue weighted by atomic mass is 16.2. The third-order valence-corrected chi connectivity index (χ3v) is 7.10. The minimum Gasteiger partial charge on any atom is -0.338 e. The first-order valence-corrected chi connectivity index (χ1v) is 12.7. The average molecular weight is 464 g/mol. The second-order valence-electron chi connectivity index (χ2n) is 9.98. The molecule has 2 aromatic rings. The summed E-state index contributed by atoms with van der Waals surface area (Å²) in [5.41, 5.74) is 13.6. The number of hydrogen-bond acceptors (Lipinski definition) is 3. The van der Waals surface area contributed by atoms with E-state index in [2.05, 4.69) is 71.0 Å². The summed E-state index contributed by atoms with van der Waals surface area (Å²) in [6.07, 6.45) is 3.67. The topological polar surface area (TPSA) is 66.6 Å². The van der Waals surface area contributed by atoms with Crippen LogP contribution in [0.2, 0.25) is 0 Å². The number of carbonyl (C=O) groups excluding carboxylic acids is 2. The van der Waals surface area contributed by atoms with Crippen molar-refractivity contribution in [2.24, 2.45) is 5.73 Å². The molecule has 34 heavy (non-hydrogen) atoms. The Morgan fingerprint density at radius 3 is 2.18 bits per heavy atom. The van der Waals surface area contributed by atoms with Crippen LogP contribution >= 0.6 is 0 Å². The van der Waals surface area contributed by atoms with Gasteiger partial charge in [-0.15, -0.1) is 0 Å². The van der Waals surface area contributed by atoms with Gasteiger partial charge in [-0.25, -0.2) is 0 Å². The molecule has 2 amide bonds. The minimum atomic E-state index is -0.560. The molecule has 0 radical (unpaired) electrons. The quantitative estimate of drug-likeness (QED) is 0.636. The fraction of sp³-hybridized carbons (Fsp3) is 0.517. The van der Waals surface area contributed by atoms with Crippen LogP contribution in [0, 0.1) is 27.7 Å². The van der Waals surface area contributed by atoms with Crippen molar-refractivity contribution in [2.75, 3.05) is 19.6 Å². The van der Waals surface area contributed by atoms with E-state index < -0.39 is 6.04 Å². The molecule has 1 aliphatic heterocycles. The molecular weight excluding hydrogens is 422 g/mol. The maximum atomic E-state index is 13.2. The summed E-state index contributed by atoms with van der Waals surface area (Å²) in [4.78, 5) is 30.2. The molecule has 1 aliphatic rings. The summed E-state index contributed by atoms with van der Waals surface area (Å²) < 4.78 is 0. The third kappa shape index (κ3) is 6.47. The second kappa shape index (κ2) is 11.7. The average Bonchev–Trinajstić information content (AvgIpc) is 2.79. The highest BCUT2D eigenvalue weighted by Crippen LogP contribution is 2.20. The van der Waals surface area contributed by atoms with Gasteiger partial charge in [0.05, 0.1) is 6.04 Å². The van der Waals surface area contributed by atoms with Gasteiger partial charge in [0.15, 0.2) is 0 Å². The van der Waals surface area contributed by atoms with Crippen LogP contribution in [0.25, 0.3) is 0 Å². The SMILES string of the molecule is CCCC1CN(C(=O)[C@H](N)Cc2ccc(C)cc2C)CCN1C(=O)CCc1ccc(C)cc1C. The van der Waals surface area contributed by atoms with Crippen molar-refractivity contribution in [1.29, 1.82) is 0 Å². The molecule has 1 saturated heterocycles. The summed E-state index contributed by atoms with van der Waals surface area (Å²) in [5, 5.41) is 0. The van der Waals surface area contributed by atoms with Crippen molar-refractivity contribution in [3.8, 4) is 0 Å². The van der Waals surface area contributed by atoms with Crippen molar-refractivity contribution >= 4 is 11.8 Å². The van der Waals surface area contributed by atoms with E-state index in [0.717, 1.165) is 24.8 Å². The number of amides is 2. The molecule has 0 aromatic heterocycles. The van der Waals surface area contributed by atoms with Gasteiger partial charge in [0, 0.05) is 32.1 Å². The molecule has 0 aliphatic carbocycles. The standard InChI is InChI=1S/C29H41N3O2/c1-6-7-26-19-31(29(34)27(30)18-25-11-9-21(3)17-23(25)5)14-15-32(26)28(33)13-12-24-10-8-20(2)16-22(24)4/h8-11,16-17,26-27H,6-7,12-15,18-19,30H2,1-5H3/t26?,27-/m1/s1. The normalized spacial score (nSPS) is 17.1. The van der Waals surface area contributed by atoms with Crippen molar-refractivity contribution in [2.45, 2.75) is 78.8 Å². The molecule has 0 spiro atoms. The number of nitrogens with zero attached hydrogens (tertiary/aromatic N) is 2. The zero-order valence-corrected chi connectivity index (χ0v) is 21.6. The summed E-state index contributed by atoms with van der Waals surface area (Å²) in [6, 6.07) is 12.2. The van der Waals surface area contributed by atoms with Crippen molar-refractivity contribution in [3.05, 3.63) is 69.8 Å². The number of nitrogens with two attached hydrogens (primary N) is 1. The molecule has 5 heteroatoms. The van der Waals surface area contributed by atoms with E-state index in [1.807, 2.05) is 9.80 Å². The Morgan fingerprint density at radius 1 is 0.971 bits per heavy atom. The molecule has 3 rings (SSSR count). The van der Waals surface area contributed by atoms with Gasteiger partial charge in [0.25, 0.3) is 0 Å². The van der Waals surface area contributed by atoms with Crippen LogP contribution in [0.1, 0.15) is 59.6 Å². The van der Waals surface area contributed by atoms with Crippen LogP contribution < -0.4 is 5.73 Å². The Labute approximate surface area is 205 Å². The van der Waals surface area contributed by atoms with E-state index in [9.17, 15) is 9.59 Å². The fourth-order valence-electron chi connectivity index (χ4n) is 5.11. The van der Waals surface area contributed by atoms with E-state index in [0.29, 0.717) is 32.5 Å². The first kappa shape index (κ1) is 26.0. The van der Waals surface area contributed by atoms with Gasteiger partial charge in [0.2, 0.25) is 11.8 Å². The van der Waals surface area contributed by atoms with Crippen molar-refractivity contribution in [1.82, 2.24) is 9.80 Å². The maximum absolute atomic E-state index is 13.2. The second-order valence-corrected chi connectivity index (χ2v) is 9.98. The van der Waals surface area contributed by atoms with Crippen LogP contribution in [0.3, 0.4) is 0 Å². The molecule has 1 unspecified atom stereocenters. The number of aryl methyl sites for hydroxylation is 5. The lowest BCUT2D eigenvalue weighted by atomic mass is 9.98. The first-order chi connectivity index (χ1) is 16.2. The molecule has 0 saturated carbocycles. The number of hydrogen-bond donors (Lipinski definition) is 1.